The number of carbonyl (C=O) groups excluding carboxylic acids is 4. The minimum absolute atomic E-state index is 0.0950. The summed E-state index contributed by atoms with van der Waals surface area (Å²) in [4.78, 5) is 60.9. The van der Waals surface area contributed by atoms with Crippen LogP contribution in [-0.4, -0.2) is 45.9 Å². The highest BCUT2D eigenvalue weighted by molar-refractivity contribution is 8.18. The summed E-state index contributed by atoms with van der Waals surface area (Å²) >= 11 is 0.684. The predicted octanol–water partition coefficient (Wildman–Crippen LogP) is 5.73. The fourth-order valence-corrected chi connectivity index (χ4v) is 4.34. The van der Waals surface area contributed by atoms with E-state index in [1.807, 2.05) is 6.92 Å². The summed E-state index contributed by atoms with van der Waals surface area (Å²) in [6, 6.07) is 15.0. The minimum Gasteiger partial charge on any atom is -0.462 e. The molecule has 1 fully saturated rings. The van der Waals surface area contributed by atoms with Gasteiger partial charge in [-0.1, -0.05) is 25.5 Å². The van der Waals surface area contributed by atoms with Crippen molar-refractivity contribution in [2.45, 2.75) is 19.8 Å². The maximum atomic E-state index is 12.8. The fraction of sp³-hybridized carbons (Fsp3) is 0.185. The summed E-state index contributed by atoms with van der Waals surface area (Å²) in [5.74, 6) is -0.738. The van der Waals surface area contributed by atoms with Crippen LogP contribution in [0.15, 0.2) is 70.0 Å². The van der Waals surface area contributed by atoms with E-state index in [2.05, 4.69) is 0 Å². The molecule has 4 rings (SSSR count). The van der Waals surface area contributed by atoms with Gasteiger partial charge >= 0.3 is 5.97 Å². The van der Waals surface area contributed by atoms with Gasteiger partial charge < -0.3 is 9.15 Å². The van der Waals surface area contributed by atoms with Crippen LogP contribution in [0.5, 0.6) is 0 Å². The number of benzene rings is 2. The number of nitro groups is 1. The van der Waals surface area contributed by atoms with Crippen LogP contribution in [0.25, 0.3) is 17.4 Å². The van der Waals surface area contributed by atoms with Gasteiger partial charge in [-0.2, -0.15) is 0 Å². The molecule has 2 amide bonds. The third-order valence-corrected chi connectivity index (χ3v) is 6.52. The van der Waals surface area contributed by atoms with Crippen molar-refractivity contribution >= 4 is 46.4 Å². The first-order chi connectivity index (χ1) is 18.3. The first-order valence-electron chi connectivity index (χ1n) is 11.7. The van der Waals surface area contributed by atoms with Crippen LogP contribution in [0.4, 0.5) is 10.5 Å². The highest BCUT2D eigenvalue weighted by Crippen LogP contribution is 2.33. The van der Waals surface area contributed by atoms with Crippen LogP contribution in [0.2, 0.25) is 0 Å². The van der Waals surface area contributed by atoms with Gasteiger partial charge in [0.05, 0.1) is 28.5 Å². The lowest BCUT2D eigenvalue weighted by molar-refractivity contribution is -0.384. The van der Waals surface area contributed by atoms with Gasteiger partial charge in [0, 0.05) is 29.3 Å². The highest BCUT2D eigenvalue weighted by Gasteiger charge is 2.36. The maximum Gasteiger partial charge on any atom is 0.338 e. The molecule has 1 aliphatic rings. The molecule has 3 aromatic rings. The lowest BCUT2D eigenvalue weighted by Crippen LogP contribution is -2.33. The van der Waals surface area contributed by atoms with E-state index < -0.39 is 34.4 Å². The van der Waals surface area contributed by atoms with E-state index in [1.165, 1.54) is 30.3 Å². The van der Waals surface area contributed by atoms with E-state index >= 15 is 0 Å². The van der Waals surface area contributed by atoms with Crippen molar-refractivity contribution in [3.05, 3.63) is 92.6 Å². The third-order valence-electron chi connectivity index (χ3n) is 5.61. The first kappa shape index (κ1) is 26.6. The van der Waals surface area contributed by atoms with Gasteiger partial charge in [-0.05, 0) is 54.6 Å². The number of nitrogens with zero attached hydrogens (tertiary/aromatic N) is 2. The highest BCUT2D eigenvalue weighted by atomic mass is 32.2. The van der Waals surface area contributed by atoms with Crippen LogP contribution >= 0.6 is 11.8 Å². The number of imide groups is 1. The number of furan rings is 1. The summed E-state index contributed by atoms with van der Waals surface area (Å²) in [7, 11) is 0. The van der Waals surface area contributed by atoms with Crippen molar-refractivity contribution in [3.8, 4) is 11.3 Å². The van der Waals surface area contributed by atoms with Crippen LogP contribution in [0.1, 0.15) is 46.2 Å². The molecule has 0 N–H and O–H groups in total. The molecule has 1 saturated heterocycles. The summed E-state index contributed by atoms with van der Waals surface area (Å²) in [5.41, 5.74) is 1.11. The van der Waals surface area contributed by atoms with Gasteiger partial charge in [-0.25, -0.2) is 4.79 Å². The Morgan fingerprint density at radius 2 is 1.71 bits per heavy atom. The van der Waals surface area contributed by atoms with Crippen LogP contribution in [-0.2, 0) is 9.53 Å². The van der Waals surface area contributed by atoms with E-state index in [9.17, 15) is 29.3 Å². The van der Waals surface area contributed by atoms with E-state index in [0.29, 0.717) is 41.0 Å². The minimum atomic E-state index is -0.640. The molecule has 38 heavy (non-hydrogen) atoms. The monoisotopic (exact) mass is 534 g/mol. The smallest absolute Gasteiger partial charge is 0.338 e. The second kappa shape index (κ2) is 11.7. The number of nitro benzene ring substituents is 1. The Balaban J connectivity index is 1.41. The molecule has 0 radical (unpaired) electrons. The van der Waals surface area contributed by atoms with Crippen LogP contribution in [0.3, 0.4) is 0 Å². The molecule has 0 unspecified atom stereocenters. The molecule has 11 heteroatoms. The number of carbonyl (C=O) groups is 4. The van der Waals surface area contributed by atoms with Crippen molar-refractivity contribution in [1.82, 2.24) is 4.90 Å². The normalized spacial score (nSPS) is 14.2. The van der Waals surface area contributed by atoms with Gasteiger partial charge in [0.25, 0.3) is 16.8 Å². The molecule has 0 atom stereocenters. The number of ether oxygens (including phenoxy) is 1. The van der Waals surface area contributed by atoms with Gasteiger partial charge in [-0.15, -0.1) is 0 Å². The summed E-state index contributed by atoms with van der Waals surface area (Å²) in [6.07, 6.45) is 3.15. The quantitative estimate of drug-likeness (QED) is 0.0797. The van der Waals surface area contributed by atoms with E-state index in [4.69, 9.17) is 9.15 Å². The lowest BCUT2D eigenvalue weighted by Gasteiger charge is -2.11. The SMILES string of the molecule is CCCCOC(=O)c1ccc(-c2ccc(/C=C3/SC(=O)N(CC(=O)c4ccc([N+](=O)[O-])cc4)C3=O)o2)cc1. The zero-order valence-corrected chi connectivity index (χ0v) is 21.1. The molecule has 194 valence electrons. The second-order valence-electron chi connectivity index (χ2n) is 8.26. The van der Waals surface area contributed by atoms with Crippen molar-refractivity contribution in [3.63, 3.8) is 0 Å². The van der Waals surface area contributed by atoms with Crippen molar-refractivity contribution in [2.24, 2.45) is 0 Å². The number of hydrogen-bond acceptors (Lipinski definition) is 9. The van der Waals surface area contributed by atoms with E-state index in [0.717, 1.165) is 17.7 Å². The molecule has 2 aromatic carbocycles. The molecule has 10 nitrogen and oxygen atoms in total. The molecular formula is C27H22N2O8S. The van der Waals surface area contributed by atoms with Crippen LogP contribution in [0, 0.1) is 10.1 Å². The van der Waals surface area contributed by atoms with Crippen molar-refractivity contribution < 1.29 is 33.3 Å². The molecule has 0 saturated carbocycles. The number of non-ortho nitro benzene ring substituents is 1. The number of unbranched alkanes of at least 4 members (excludes halogenated alkanes) is 1. The van der Waals surface area contributed by atoms with Gasteiger partial charge in [0.2, 0.25) is 0 Å². The Morgan fingerprint density at radius 3 is 2.37 bits per heavy atom. The zero-order valence-electron chi connectivity index (χ0n) is 20.2. The van der Waals surface area contributed by atoms with Gasteiger partial charge in [0.1, 0.15) is 11.5 Å². The maximum absolute atomic E-state index is 12.8. The molecule has 2 heterocycles. The Morgan fingerprint density at radius 1 is 1.03 bits per heavy atom. The summed E-state index contributed by atoms with van der Waals surface area (Å²) in [5, 5.41) is 10.2. The van der Waals surface area contributed by atoms with Gasteiger partial charge in [-0.3, -0.25) is 29.4 Å². The number of hydrogen-bond donors (Lipinski definition) is 0. The summed E-state index contributed by atoms with van der Waals surface area (Å²) < 4.78 is 11.0. The Hall–Kier alpha value is -4.51. The molecule has 0 bridgehead atoms. The van der Waals surface area contributed by atoms with Crippen molar-refractivity contribution in [2.75, 3.05) is 13.2 Å². The number of amides is 2. The fourth-order valence-electron chi connectivity index (χ4n) is 3.52. The van der Waals surface area contributed by atoms with E-state index in [-0.39, 0.29) is 16.2 Å². The number of rotatable bonds is 10. The molecule has 0 aliphatic carbocycles. The molecule has 1 aliphatic heterocycles. The topological polar surface area (TPSA) is 137 Å². The predicted molar refractivity (Wildman–Crippen MR) is 139 cm³/mol. The average molecular weight is 535 g/mol. The second-order valence-corrected chi connectivity index (χ2v) is 9.26. The standard InChI is InChI=1S/C27H22N2O8S/c1-2-3-14-36-26(32)19-6-4-18(5-7-19)23-13-12-21(37-23)15-24-25(31)28(27(33)38-24)16-22(30)17-8-10-20(11-9-17)29(34)35/h4-13,15H,2-3,14,16H2,1H3/b24-15+. The van der Waals surface area contributed by atoms with Crippen LogP contribution < -0.4 is 0 Å². The molecular weight excluding hydrogens is 512 g/mol. The van der Waals surface area contributed by atoms with E-state index in [1.54, 1.807) is 36.4 Å². The average Bonchev–Trinajstić information content (AvgIpc) is 3.49. The Kier molecular flexibility index (Phi) is 8.17. The summed E-state index contributed by atoms with van der Waals surface area (Å²) in [6.45, 7) is 1.89. The molecule has 1 aromatic heterocycles. The number of ketones is 1. The number of esters is 1. The third kappa shape index (κ3) is 6.06. The van der Waals surface area contributed by atoms with Crippen molar-refractivity contribution in [1.29, 1.82) is 0 Å². The number of Topliss-reactive ketones (excluding diaryl/α,β-unsaturated/α-hetero) is 1. The zero-order chi connectivity index (χ0) is 27.2. The van der Waals surface area contributed by atoms with Gasteiger partial charge in [0.15, 0.2) is 5.78 Å². The number of thioether (sulfide) groups is 1. The Bertz CT molecular complexity index is 1420. The largest absolute Gasteiger partial charge is 0.462 e. The first-order valence-corrected chi connectivity index (χ1v) is 12.5. The Labute approximate surface area is 221 Å². The lowest BCUT2D eigenvalue weighted by atomic mass is 10.1. The molecule has 0 spiro atoms.